The van der Waals surface area contributed by atoms with Crippen LogP contribution >= 0.6 is 11.6 Å². The summed E-state index contributed by atoms with van der Waals surface area (Å²) in [6.07, 6.45) is 0. The molecule has 1 aliphatic heterocycles. The standard InChI is InChI=1S/C17H17ClN2O4/c1-10-3-5-14(24-10)11(2)19-16(21)8-20-13-7-12(18)4-6-15(13)23-9-17(20)22/h3-7,11H,8-9H2,1-2H3,(H,19,21)/t11-/m1/s1. The number of anilines is 1. The maximum Gasteiger partial charge on any atom is 0.265 e. The Labute approximate surface area is 144 Å². The van der Waals surface area contributed by atoms with Gasteiger partial charge < -0.3 is 14.5 Å². The number of carbonyl (C=O) groups is 2. The van der Waals surface area contributed by atoms with E-state index in [0.29, 0.717) is 22.2 Å². The predicted octanol–water partition coefficient (Wildman–Crippen LogP) is 2.84. The van der Waals surface area contributed by atoms with Crippen LogP contribution < -0.4 is 15.0 Å². The zero-order valence-electron chi connectivity index (χ0n) is 13.3. The number of amides is 2. The number of benzene rings is 1. The number of ether oxygens (including phenoxy) is 1. The summed E-state index contributed by atoms with van der Waals surface area (Å²) in [7, 11) is 0. The molecular weight excluding hydrogens is 332 g/mol. The van der Waals surface area contributed by atoms with Crippen LogP contribution in [-0.4, -0.2) is 25.0 Å². The molecule has 7 heteroatoms. The van der Waals surface area contributed by atoms with Gasteiger partial charge in [-0.2, -0.15) is 0 Å². The number of hydrogen-bond acceptors (Lipinski definition) is 4. The summed E-state index contributed by atoms with van der Waals surface area (Å²) >= 11 is 5.99. The Hall–Kier alpha value is -2.47. The lowest BCUT2D eigenvalue weighted by molar-refractivity contribution is -0.125. The van der Waals surface area contributed by atoms with Crippen LogP contribution in [0, 0.1) is 6.92 Å². The van der Waals surface area contributed by atoms with Crippen molar-refractivity contribution in [2.24, 2.45) is 0 Å². The second kappa shape index (κ2) is 6.57. The molecule has 0 unspecified atom stereocenters. The quantitative estimate of drug-likeness (QED) is 0.922. The van der Waals surface area contributed by atoms with Gasteiger partial charge in [0, 0.05) is 5.02 Å². The van der Waals surface area contributed by atoms with Crippen LogP contribution in [0.25, 0.3) is 0 Å². The molecule has 0 saturated carbocycles. The second-order valence-electron chi connectivity index (χ2n) is 5.62. The van der Waals surface area contributed by atoms with Crippen molar-refractivity contribution < 1.29 is 18.7 Å². The predicted molar refractivity (Wildman–Crippen MR) is 89.3 cm³/mol. The summed E-state index contributed by atoms with van der Waals surface area (Å²) in [6.45, 7) is 3.45. The number of hydrogen-bond donors (Lipinski definition) is 1. The Morgan fingerprint density at radius 3 is 2.88 bits per heavy atom. The minimum absolute atomic E-state index is 0.102. The molecule has 3 rings (SSSR count). The SMILES string of the molecule is Cc1ccc([C@@H](C)NC(=O)CN2C(=O)COc3ccc(Cl)cc32)o1. The van der Waals surface area contributed by atoms with Crippen molar-refractivity contribution in [2.45, 2.75) is 19.9 Å². The van der Waals surface area contributed by atoms with Gasteiger partial charge in [0.2, 0.25) is 5.91 Å². The summed E-state index contributed by atoms with van der Waals surface area (Å²) in [5, 5.41) is 3.29. The molecule has 1 aromatic carbocycles. The van der Waals surface area contributed by atoms with Gasteiger partial charge in [0.15, 0.2) is 6.61 Å². The molecule has 24 heavy (non-hydrogen) atoms. The highest BCUT2D eigenvalue weighted by atomic mass is 35.5. The summed E-state index contributed by atoms with van der Waals surface area (Å²) in [4.78, 5) is 25.8. The zero-order valence-corrected chi connectivity index (χ0v) is 14.1. The Morgan fingerprint density at radius 2 is 2.17 bits per heavy atom. The van der Waals surface area contributed by atoms with Crippen molar-refractivity contribution in [3.63, 3.8) is 0 Å². The van der Waals surface area contributed by atoms with E-state index < -0.39 is 0 Å². The van der Waals surface area contributed by atoms with E-state index in [1.807, 2.05) is 26.0 Å². The highest BCUT2D eigenvalue weighted by molar-refractivity contribution is 6.31. The van der Waals surface area contributed by atoms with E-state index in [9.17, 15) is 9.59 Å². The van der Waals surface area contributed by atoms with Gasteiger partial charge in [0.05, 0.1) is 11.7 Å². The minimum atomic E-state index is -0.294. The second-order valence-corrected chi connectivity index (χ2v) is 6.05. The van der Waals surface area contributed by atoms with Crippen LogP contribution in [0.1, 0.15) is 24.5 Å². The van der Waals surface area contributed by atoms with Crippen LogP contribution in [0.2, 0.25) is 5.02 Å². The van der Waals surface area contributed by atoms with E-state index >= 15 is 0 Å². The first-order chi connectivity index (χ1) is 11.4. The van der Waals surface area contributed by atoms with Crippen molar-refractivity contribution in [3.05, 3.63) is 46.9 Å². The lowest BCUT2D eigenvalue weighted by Crippen LogP contribution is -2.45. The van der Waals surface area contributed by atoms with Crippen molar-refractivity contribution in [2.75, 3.05) is 18.1 Å². The fourth-order valence-corrected chi connectivity index (χ4v) is 2.70. The third-order valence-corrected chi connectivity index (χ3v) is 3.97. The molecule has 1 atom stereocenters. The number of nitrogens with zero attached hydrogens (tertiary/aromatic N) is 1. The van der Waals surface area contributed by atoms with E-state index in [0.717, 1.165) is 5.76 Å². The average molecular weight is 349 g/mol. The molecule has 0 aliphatic carbocycles. The first kappa shape index (κ1) is 16.4. The molecule has 1 N–H and O–H groups in total. The molecule has 1 aromatic heterocycles. The highest BCUT2D eigenvalue weighted by Gasteiger charge is 2.28. The molecule has 0 bridgehead atoms. The molecule has 126 valence electrons. The van der Waals surface area contributed by atoms with E-state index in [1.54, 1.807) is 18.2 Å². The van der Waals surface area contributed by atoms with Crippen LogP contribution in [-0.2, 0) is 9.59 Å². The minimum Gasteiger partial charge on any atom is -0.482 e. The van der Waals surface area contributed by atoms with Crippen molar-refractivity contribution in [1.29, 1.82) is 0 Å². The summed E-state index contributed by atoms with van der Waals surface area (Å²) < 4.78 is 10.9. The summed E-state index contributed by atoms with van der Waals surface area (Å²) in [6, 6.07) is 8.33. The number of fused-ring (bicyclic) bond motifs is 1. The van der Waals surface area contributed by atoms with Gasteiger partial charge in [-0.05, 0) is 44.2 Å². The van der Waals surface area contributed by atoms with Gasteiger partial charge in [-0.15, -0.1) is 0 Å². The fourth-order valence-electron chi connectivity index (χ4n) is 2.54. The van der Waals surface area contributed by atoms with Crippen molar-refractivity contribution in [1.82, 2.24) is 5.32 Å². The smallest absolute Gasteiger partial charge is 0.265 e. The fraction of sp³-hybridized carbons (Fsp3) is 0.294. The Kier molecular flexibility index (Phi) is 4.49. The van der Waals surface area contributed by atoms with Crippen molar-refractivity contribution >= 4 is 29.1 Å². The number of rotatable bonds is 4. The molecule has 1 aliphatic rings. The van der Waals surface area contributed by atoms with Gasteiger partial charge in [0.1, 0.15) is 23.8 Å². The van der Waals surface area contributed by atoms with Crippen LogP contribution in [0.4, 0.5) is 5.69 Å². The monoisotopic (exact) mass is 348 g/mol. The number of aryl methyl sites for hydroxylation is 1. The molecule has 0 spiro atoms. The average Bonchev–Trinajstić information content (AvgIpc) is 2.97. The van der Waals surface area contributed by atoms with E-state index in [4.69, 9.17) is 20.8 Å². The van der Waals surface area contributed by atoms with E-state index in [-0.39, 0.29) is 31.0 Å². The largest absolute Gasteiger partial charge is 0.482 e. The Bertz CT molecular complexity index is 787. The van der Waals surface area contributed by atoms with Crippen LogP contribution in [0.5, 0.6) is 5.75 Å². The van der Waals surface area contributed by atoms with Gasteiger partial charge in [-0.25, -0.2) is 0 Å². The van der Waals surface area contributed by atoms with Crippen molar-refractivity contribution in [3.8, 4) is 5.75 Å². The molecule has 0 saturated heterocycles. The third kappa shape index (κ3) is 3.38. The van der Waals surface area contributed by atoms with Crippen LogP contribution in [0.15, 0.2) is 34.7 Å². The Balaban J connectivity index is 1.72. The number of carbonyl (C=O) groups excluding carboxylic acids is 2. The van der Waals surface area contributed by atoms with Crippen LogP contribution in [0.3, 0.4) is 0 Å². The van der Waals surface area contributed by atoms with Gasteiger partial charge in [-0.3, -0.25) is 14.5 Å². The maximum atomic E-state index is 12.3. The first-order valence-electron chi connectivity index (χ1n) is 7.52. The molecular formula is C17H17ClN2O4. The van der Waals surface area contributed by atoms with E-state index in [2.05, 4.69) is 5.32 Å². The van der Waals surface area contributed by atoms with Gasteiger partial charge in [-0.1, -0.05) is 11.6 Å². The molecule has 2 amide bonds. The highest BCUT2D eigenvalue weighted by Crippen LogP contribution is 2.34. The van der Waals surface area contributed by atoms with Gasteiger partial charge >= 0.3 is 0 Å². The lowest BCUT2D eigenvalue weighted by Gasteiger charge is -2.29. The molecule has 2 heterocycles. The summed E-state index contributed by atoms with van der Waals surface area (Å²) in [5.41, 5.74) is 0.496. The number of nitrogens with one attached hydrogen (secondary N) is 1. The molecule has 0 radical (unpaired) electrons. The maximum absolute atomic E-state index is 12.3. The Morgan fingerprint density at radius 1 is 1.38 bits per heavy atom. The normalized spacial score (nSPS) is 14.8. The topological polar surface area (TPSA) is 71.8 Å². The summed E-state index contributed by atoms with van der Waals surface area (Å²) in [5.74, 6) is 1.39. The molecule has 0 fully saturated rings. The third-order valence-electron chi connectivity index (χ3n) is 3.73. The molecule has 2 aromatic rings. The molecule has 6 nitrogen and oxygen atoms in total. The zero-order chi connectivity index (χ0) is 17.3. The number of furan rings is 1. The number of halogens is 1. The van der Waals surface area contributed by atoms with E-state index in [1.165, 1.54) is 4.90 Å². The lowest BCUT2D eigenvalue weighted by atomic mass is 10.2. The van der Waals surface area contributed by atoms with Gasteiger partial charge in [0.25, 0.3) is 5.91 Å². The first-order valence-corrected chi connectivity index (χ1v) is 7.90.